The van der Waals surface area contributed by atoms with Gasteiger partial charge in [0.25, 0.3) is 5.56 Å². The average Bonchev–Trinajstić information content (AvgIpc) is 2.15. The van der Waals surface area contributed by atoms with Crippen molar-refractivity contribution >= 4 is 5.91 Å². The largest absolute Gasteiger partial charge is 0.421 e. The summed E-state index contributed by atoms with van der Waals surface area (Å²) in [5.74, 6) is -1.01. The van der Waals surface area contributed by atoms with Gasteiger partial charge in [-0.1, -0.05) is 0 Å². The Morgan fingerprint density at radius 2 is 2.06 bits per heavy atom. The van der Waals surface area contributed by atoms with Gasteiger partial charge in [-0.3, -0.25) is 9.59 Å². The standard InChI is InChI=1S/C9H9F3N2O2/c1-2-14-4-5(7(13)15)3-6(8(14)16)9(10,11)12/h3-4H,2H2,1H3,(H2,13,15). The van der Waals surface area contributed by atoms with Crippen molar-refractivity contribution in [1.29, 1.82) is 0 Å². The number of aromatic nitrogens is 1. The number of nitrogens with two attached hydrogens (primary N) is 1. The number of amides is 1. The van der Waals surface area contributed by atoms with Gasteiger partial charge < -0.3 is 10.3 Å². The fourth-order valence-electron chi connectivity index (χ4n) is 1.21. The predicted octanol–water partition coefficient (Wildman–Crippen LogP) is 0.986. The van der Waals surface area contributed by atoms with Crippen LogP contribution in [0.2, 0.25) is 0 Å². The van der Waals surface area contributed by atoms with E-state index >= 15 is 0 Å². The van der Waals surface area contributed by atoms with Crippen molar-refractivity contribution in [2.45, 2.75) is 19.6 Å². The van der Waals surface area contributed by atoms with Gasteiger partial charge in [0.05, 0.1) is 5.56 Å². The Balaban J connectivity index is 3.55. The fraction of sp³-hybridized carbons (Fsp3) is 0.333. The van der Waals surface area contributed by atoms with E-state index in [1.165, 1.54) is 6.92 Å². The van der Waals surface area contributed by atoms with Crippen molar-refractivity contribution in [2.75, 3.05) is 0 Å². The van der Waals surface area contributed by atoms with Crippen LogP contribution in [0.4, 0.5) is 13.2 Å². The molecule has 0 spiro atoms. The van der Waals surface area contributed by atoms with Gasteiger partial charge in [0, 0.05) is 12.7 Å². The van der Waals surface area contributed by atoms with Crippen LogP contribution < -0.4 is 11.3 Å². The fourth-order valence-corrected chi connectivity index (χ4v) is 1.21. The normalized spacial score (nSPS) is 11.5. The number of hydrogen-bond donors (Lipinski definition) is 1. The number of primary amides is 1. The second-order valence-corrected chi connectivity index (χ2v) is 3.10. The topological polar surface area (TPSA) is 65.1 Å². The molecule has 0 aliphatic carbocycles. The molecule has 1 aromatic heterocycles. The van der Waals surface area contributed by atoms with Crippen molar-refractivity contribution in [1.82, 2.24) is 4.57 Å². The molecule has 0 radical (unpaired) electrons. The SMILES string of the molecule is CCn1cc(C(N)=O)cc(C(F)(F)F)c1=O. The highest BCUT2D eigenvalue weighted by Crippen LogP contribution is 2.26. The van der Waals surface area contributed by atoms with Crippen LogP contribution in [0.25, 0.3) is 0 Å². The van der Waals surface area contributed by atoms with E-state index in [1.807, 2.05) is 0 Å². The molecule has 0 fully saturated rings. The Morgan fingerprint density at radius 3 is 2.44 bits per heavy atom. The second-order valence-electron chi connectivity index (χ2n) is 3.10. The summed E-state index contributed by atoms with van der Waals surface area (Å²) in [5, 5.41) is 0. The summed E-state index contributed by atoms with van der Waals surface area (Å²) in [6.45, 7) is 1.52. The molecule has 1 heterocycles. The average molecular weight is 234 g/mol. The molecule has 0 aliphatic heterocycles. The Kier molecular flexibility index (Phi) is 3.06. The Bertz CT molecular complexity index is 477. The number of alkyl halides is 3. The summed E-state index contributed by atoms with van der Waals surface area (Å²) in [6, 6.07) is 0.469. The molecule has 1 aromatic rings. The third kappa shape index (κ3) is 2.23. The summed E-state index contributed by atoms with van der Waals surface area (Å²) in [5.41, 5.74) is 1.97. The Hall–Kier alpha value is -1.79. The summed E-state index contributed by atoms with van der Waals surface area (Å²) >= 11 is 0. The van der Waals surface area contributed by atoms with E-state index < -0.39 is 23.2 Å². The van der Waals surface area contributed by atoms with Crippen molar-refractivity contribution in [2.24, 2.45) is 5.73 Å². The first-order valence-electron chi connectivity index (χ1n) is 4.39. The first kappa shape index (κ1) is 12.3. The number of hydrogen-bond acceptors (Lipinski definition) is 2. The number of carbonyl (C=O) groups is 1. The summed E-state index contributed by atoms with van der Waals surface area (Å²) in [4.78, 5) is 22.1. The summed E-state index contributed by atoms with van der Waals surface area (Å²) in [7, 11) is 0. The second kappa shape index (κ2) is 3.99. The highest BCUT2D eigenvalue weighted by atomic mass is 19.4. The van der Waals surface area contributed by atoms with Gasteiger partial charge in [-0.25, -0.2) is 0 Å². The molecule has 88 valence electrons. The monoisotopic (exact) mass is 234 g/mol. The molecule has 1 amide bonds. The third-order valence-electron chi connectivity index (χ3n) is 2.02. The first-order valence-corrected chi connectivity index (χ1v) is 4.39. The zero-order valence-corrected chi connectivity index (χ0v) is 8.34. The maximum absolute atomic E-state index is 12.4. The van der Waals surface area contributed by atoms with E-state index in [0.29, 0.717) is 6.07 Å². The molecule has 0 saturated carbocycles. The molecular weight excluding hydrogens is 225 g/mol. The zero-order valence-electron chi connectivity index (χ0n) is 8.34. The van der Waals surface area contributed by atoms with Gasteiger partial charge in [-0.05, 0) is 13.0 Å². The number of rotatable bonds is 2. The van der Waals surface area contributed by atoms with Crippen molar-refractivity contribution in [3.05, 3.63) is 33.7 Å². The van der Waals surface area contributed by atoms with Gasteiger partial charge >= 0.3 is 6.18 Å². The quantitative estimate of drug-likeness (QED) is 0.829. The maximum atomic E-state index is 12.4. The Morgan fingerprint density at radius 1 is 1.50 bits per heavy atom. The van der Waals surface area contributed by atoms with E-state index in [-0.39, 0.29) is 12.1 Å². The molecule has 0 aliphatic rings. The number of halogens is 3. The Labute approximate surface area is 88.5 Å². The molecule has 4 nitrogen and oxygen atoms in total. The molecule has 1 rings (SSSR count). The molecule has 16 heavy (non-hydrogen) atoms. The van der Waals surface area contributed by atoms with Crippen LogP contribution in [-0.2, 0) is 12.7 Å². The molecule has 0 atom stereocenters. The number of nitrogens with zero attached hydrogens (tertiary/aromatic N) is 1. The lowest BCUT2D eigenvalue weighted by atomic mass is 10.2. The van der Waals surface area contributed by atoms with Crippen LogP contribution in [-0.4, -0.2) is 10.5 Å². The van der Waals surface area contributed by atoms with Gasteiger partial charge in [-0.15, -0.1) is 0 Å². The molecular formula is C9H9F3N2O2. The number of carbonyl (C=O) groups excluding carboxylic acids is 1. The lowest BCUT2D eigenvalue weighted by molar-refractivity contribution is -0.139. The van der Waals surface area contributed by atoms with Gasteiger partial charge in [0.15, 0.2) is 0 Å². The van der Waals surface area contributed by atoms with E-state index in [4.69, 9.17) is 5.73 Å². The lowest BCUT2D eigenvalue weighted by Gasteiger charge is -2.10. The minimum Gasteiger partial charge on any atom is -0.366 e. The van der Waals surface area contributed by atoms with E-state index in [2.05, 4.69) is 0 Å². The van der Waals surface area contributed by atoms with Crippen LogP contribution in [0.3, 0.4) is 0 Å². The van der Waals surface area contributed by atoms with Gasteiger partial charge in [-0.2, -0.15) is 13.2 Å². The van der Waals surface area contributed by atoms with Gasteiger partial charge in [0.1, 0.15) is 5.56 Å². The highest BCUT2D eigenvalue weighted by molar-refractivity contribution is 5.92. The minimum absolute atomic E-state index is 0.0308. The van der Waals surface area contributed by atoms with Crippen molar-refractivity contribution in [3.63, 3.8) is 0 Å². The van der Waals surface area contributed by atoms with Crippen LogP contribution in [0.1, 0.15) is 22.8 Å². The van der Waals surface area contributed by atoms with Gasteiger partial charge in [0.2, 0.25) is 5.91 Å². The minimum atomic E-state index is -4.79. The lowest BCUT2D eigenvalue weighted by Crippen LogP contribution is -2.30. The number of pyridine rings is 1. The number of aryl methyl sites for hydroxylation is 1. The summed E-state index contributed by atoms with van der Waals surface area (Å²) < 4.78 is 38.1. The maximum Gasteiger partial charge on any atom is 0.421 e. The van der Waals surface area contributed by atoms with E-state index in [0.717, 1.165) is 10.8 Å². The van der Waals surface area contributed by atoms with Crippen molar-refractivity contribution < 1.29 is 18.0 Å². The van der Waals surface area contributed by atoms with Crippen LogP contribution in [0.5, 0.6) is 0 Å². The van der Waals surface area contributed by atoms with E-state index in [1.54, 1.807) is 0 Å². The molecule has 2 N–H and O–H groups in total. The summed E-state index contributed by atoms with van der Waals surface area (Å²) in [6.07, 6.45) is -3.78. The molecule has 0 saturated heterocycles. The third-order valence-corrected chi connectivity index (χ3v) is 2.02. The van der Waals surface area contributed by atoms with Crippen LogP contribution in [0.15, 0.2) is 17.1 Å². The van der Waals surface area contributed by atoms with Crippen LogP contribution >= 0.6 is 0 Å². The molecule has 0 aromatic carbocycles. The molecule has 0 unspecified atom stereocenters. The smallest absolute Gasteiger partial charge is 0.366 e. The van der Waals surface area contributed by atoms with Crippen LogP contribution in [0, 0.1) is 0 Å². The molecule has 0 bridgehead atoms. The highest BCUT2D eigenvalue weighted by Gasteiger charge is 2.35. The van der Waals surface area contributed by atoms with E-state index in [9.17, 15) is 22.8 Å². The van der Waals surface area contributed by atoms with Crippen molar-refractivity contribution in [3.8, 4) is 0 Å². The first-order chi connectivity index (χ1) is 7.27. The zero-order chi connectivity index (χ0) is 12.5. The predicted molar refractivity (Wildman–Crippen MR) is 49.9 cm³/mol. The molecule has 7 heteroatoms.